The predicted molar refractivity (Wildman–Crippen MR) is 112 cm³/mol. The highest BCUT2D eigenvalue weighted by atomic mass is 32.1. The molecule has 1 aromatic carbocycles. The predicted octanol–water partition coefficient (Wildman–Crippen LogP) is 4.23. The number of hydrogen-bond acceptors (Lipinski definition) is 5. The lowest BCUT2D eigenvalue weighted by molar-refractivity contribution is 0.0827. The first-order valence-corrected chi connectivity index (χ1v) is 10.7. The van der Waals surface area contributed by atoms with Gasteiger partial charge in [-0.2, -0.15) is 0 Å². The maximum Gasteiger partial charge on any atom is 0.305 e. The van der Waals surface area contributed by atoms with Crippen molar-refractivity contribution in [1.29, 1.82) is 0 Å². The van der Waals surface area contributed by atoms with E-state index in [0.29, 0.717) is 28.5 Å². The molecule has 0 saturated heterocycles. The van der Waals surface area contributed by atoms with E-state index in [1.807, 2.05) is 31.2 Å². The summed E-state index contributed by atoms with van der Waals surface area (Å²) in [6.07, 6.45) is 3.17. The number of aryl methyl sites for hydroxylation is 1. The third kappa shape index (κ3) is 4.06. The molecule has 0 unspecified atom stereocenters. The molecule has 7 heteroatoms. The number of para-hydroxylation sites is 1. The number of carbonyl (C=O) groups excluding carboxylic acids is 2. The van der Waals surface area contributed by atoms with Gasteiger partial charge < -0.3 is 9.15 Å². The maximum absolute atomic E-state index is 12.7. The second-order valence-electron chi connectivity index (χ2n) is 7.36. The van der Waals surface area contributed by atoms with Gasteiger partial charge in [-0.3, -0.25) is 20.4 Å². The SMILES string of the molecule is CCOCc1c(C(=O)NNC(=O)c2cc3c(s2)CC[C@H](C)C3)oc2ccccc12. The van der Waals surface area contributed by atoms with Crippen molar-refractivity contribution in [3.05, 3.63) is 57.0 Å². The summed E-state index contributed by atoms with van der Waals surface area (Å²) in [6, 6.07) is 9.37. The molecule has 0 saturated carbocycles. The fourth-order valence-corrected chi connectivity index (χ4v) is 4.78. The first-order valence-electron chi connectivity index (χ1n) is 9.87. The molecule has 0 bridgehead atoms. The molecule has 0 fully saturated rings. The lowest BCUT2D eigenvalue weighted by Crippen LogP contribution is -2.41. The normalized spacial score (nSPS) is 15.9. The van der Waals surface area contributed by atoms with Gasteiger partial charge in [0.2, 0.25) is 0 Å². The zero-order valence-electron chi connectivity index (χ0n) is 16.5. The van der Waals surface area contributed by atoms with Crippen molar-refractivity contribution in [1.82, 2.24) is 10.9 Å². The Morgan fingerprint density at radius 3 is 2.86 bits per heavy atom. The summed E-state index contributed by atoms with van der Waals surface area (Å²) in [5, 5.41) is 0.831. The van der Waals surface area contributed by atoms with Gasteiger partial charge in [-0.25, -0.2) is 0 Å². The average Bonchev–Trinajstić information content (AvgIpc) is 3.31. The Hall–Kier alpha value is -2.64. The Labute approximate surface area is 173 Å². The Kier molecular flexibility index (Phi) is 5.69. The van der Waals surface area contributed by atoms with Gasteiger partial charge in [0, 0.05) is 22.4 Å². The van der Waals surface area contributed by atoms with Crippen LogP contribution in [0.4, 0.5) is 0 Å². The number of amides is 2. The molecule has 2 heterocycles. The van der Waals surface area contributed by atoms with Crippen LogP contribution in [0.25, 0.3) is 11.0 Å². The van der Waals surface area contributed by atoms with Crippen molar-refractivity contribution >= 4 is 34.1 Å². The van der Waals surface area contributed by atoms with E-state index in [9.17, 15) is 9.59 Å². The minimum Gasteiger partial charge on any atom is -0.450 e. The Balaban J connectivity index is 1.48. The first kappa shape index (κ1) is 19.7. The third-order valence-electron chi connectivity index (χ3n) is 5.20. The van der Waals surface area contributed by atoms with Gasteiger partial charge >= 0.3 is 5.91 Å². The topological polar surface area (TPSA) is 80.6 Å². The lowest BCUT2D eigenvalue weighted by Gasteiger charge is -2.16. The summed E-state index contributed by atoms with van der Waals surface area (Å²) in [5.74, 6) is -0.0177. The molecule has 1 aliphatic rings. The molecule has 0 spiro atoms. The van der Waals surface area contributed by atoms with Crippen molar-refractivity contribution in [2.45, 2.75) is 39.7 Å². The fraction of sp³-hybridized carbons (Fsp3) is 0.364. The van der Waals surface area contributed by atoms with E-state index >= 15 is 0 Å². The maximum atomic E-state index is 12.7. The second-order valence-corrected chi connectivity index (χ2v) is 8.50. The molecule has 152 valence electrons. The van der Waals surface area contributed by atoms with Crippen LogP contribution in [-0.4, -0.2) is 18.4 Å². The van der Waals surface area contributed by atoms with Crippen LogP contribution in [0.15, 0.2) is 34.7 Å². The average molecular weight is 413 g/mol. The molecule has 6 nitrogen and oxygen atoms in total. The number of rotatable bonds is 5. The summed E-state index contributed by atoms with van der Waals surface area (Å²) >= 11 is 1.50. The van der Waals surface area contributed by atoms with Crippen LogP contribution < -0.4 is 10.9 Å². The summed E-state index contributed by atoms with van der Waals surface area (Å²) < 4.78 is 11.2. The van der Waals surface area contributed by atoms with Crippen molar-refractivity contribution in [3.63, 3.8) is 0 Å². The number of fused-ring (bicyclic) bond motifs is 2. The number of hydrogen-bond donors (Lipinski definition) is 2. The van der Waals surface area contributed by atoms with Crippen molar-refractivity contribution in [2.24, 2.45) is 5.92 Å². The van der Waals surface area contributed by atoms with Crippen LogP contribution in [0.5, 0.6) is 0 Å². The van der Waals surface area contributed by atoms with Gasteiger partial charge in [0.05, 0.1) is 11.5 Å². The van der Waals surface area contributed by atoms with Gasteiger partial charge in [-0.05, 0) is 49.8 Å². The highest BCUT2D eigenvalue weighted by Gasteiger charge is 2.23. The molecule has 2 aromatic heterocycles. The van der Waals surface area contributed by atoms with Crippen LogP contribution >= 0.6 is 11.3 Å². The molecular formula is C22H24N2O4S. The number of thiophene rings is 1. The van der Waals surface area contributed by atoms with E-state index in [4.69, 9.17) is 9.15 Å². The molecule has 2 N–H and O–H groups in total. The fourth-order valence-electron chi connectivity index (χ4n) is 3.68. The number of furan rings is 1. The number of carbonyl (C=O) groups is 2. The zero-order chi connectivity index (χ0) is 20.4. The van der Waals surface area contributed by atoms with Gasteiger partial charge in [-0.1, -0.05) is 25.1 Å². The van der Waals surface area contributed by atoms with Gasteiger partial charge in [0.15, 0.2) is 5.76 Å². The van der Waals surface area contributed by atoms with E-state index in [-0.39, 0.29) is 18.3 Å². The first-order chi connectivity index (χ1) is 14.1. The molecule has 29 heavy (non-hydrogen) atoms. The van der Waals surface area contributed by atoms with E-state index in [2.05, 4.69) is 17.8 Å². The summed E-state index contributed by atoms with van der Waals surface area (Å²) in [6.45, 7) is 4.91. The molecule has 0 radical (unpaired) electrons. The highest BCUT2D eigenvalue weighted by Crippen LogP contribution is 2.32. The lowest BCUT2D eigenvalue weighted by atomic mass is 9.90. The van der Waals surface area contributed by atoms with Crippen LogP contribution in [0.1, 0.15) is 56.5 Å². The van der Waals surface area contributed by atoms with E-state index < -0.39 is 5.91 Å². The smallest absolute Gasteiger partial charge is 0.305 e. The molecule has 1 atom stereocenters. The minimum absolute atomic E-state index is 0.152. The van der Waals surface area contributed by atoms with E-state index in [0.717, 1.165) is 24.6 Å². The number of ether oxygens (including phenoxy) is 1. The number of benzene rings is 1. The second kappa shape index (κ2) is 8.39. The molecule has 3 aromatic rings. The number of nitrogens with one attached hydrogen (secondary N) is 2. The number of hydrazine groups is 1. The molecule has 1 aliphatic carbocycles. The Morgan fingerprint density at radius 1 is 1.24 bits per heavy atom. The van der Waals surface area contributed by atoms with Crippen LogP contribution in [0.3, 0.4) is 0 Å². The van der Waals surface area contributed by atoms with E-state index in [1.165, 1.54) is 21.8 Å². The van der Waals surface area contributed by atoms with Crippen molar-refractivity contribution < 1.29 is 18.7 Å². The van der Waals surface area contributed by atoms with Gasteiger partial charge in [0.25, 0.3) is 5.91 Å². The van der Waals surface area contributed by atoms with Crippen LogP contribution in [-0.2, 0) is 24.2 Å². The summed E-state index contributed by atoms with van der Waals surface area (Å²) in [4.78, 5) is 27.1. The largest absolute Gasteiger partial charge is 0.450 e. The highest BCUT2D eigenvalue weighted by molar-refractivity contribution is 7.14. The standard InChI is InChI=1S/C22H24N2O4S/c1-3-27-12-16-15-6-4-5-7-17(15)28-20(16)22(26)24-23-21(25)19-11-14-10-13(2)8-9-18(14)29-19/h4-7,11,13H,3,8-10,12H2,1-2H3,(H,23,25)(H,24,26)/t13-/m0/s1. The zero-order valence-corrected chi connectivity index (χ0v) is 17.4. The third-order valence-corrected chi connectivity index (χ3v) is 6.43. The van der Waals surface area contributed by atoms with Gasteiger partial charge in [0.1, 0.15) is 5.58 Å². The molecule has 2 amide bonds. The Morgan fingerprint density at radius 2 is 2.03 bits per heavy atom. The quantitative estimate of drug-likeness (QED) is 0.615. The van der Waals surface area contributed by atoms with Crippen LogP contribution in [0.2, 0.25) is 0 Å². The minimum atomic E-state index is -0.501. The monoisotopic (exact) mass is 412 g/mol. The summed E-state index contributed by atoms with van der Waals surface area (Å²) in [5.41, 5.74) is 7.54. The Bertz CT molecular complexity index is 1050. The summed E-state index contributed by atoms with van der Waals surface area (Å²) in [7, 11) is 0. The molecule has 0 aliphatic heterocycles. The molecular weight excluding hydrogens is 388 g/mol. The van der Waals surface area contributed by atoms with Crippen LogP contribution in [0, 0.1) is 5.92 Å². The molecule has 4 rings (SSSR count). The van der Waals surface area contributed by atoms with Crippen molar-refractivity contribution in [2.75, 3.05) is 6.61 Å². The van der Waals surface area contributed by atoms with Crippen molar-refractivity contribution in [3.8, 4) is 0 Å². The van der Waals surface area contributed by atoms with Gasteiger partial charge in [-0.15, -0.1) is 11.3 Å². The van der Waals surface area contributed by atoms with E-state index in [1.54, 1.807) is 6.07 Å².